The summed E-state index contributed by atoms with van der Waals surface area (Å²) in [7, 11) is 1.70. The lowest BCUT2D eigenvalue weighted by Crippen LogP contribution is -2.04. The first-order chi connectivity index (χ1) is 8.47. The maximum atomic E-state index is 10.9. The molecule has 0 radical (unpaired) electrons. The summed E-state index contributed by atoms with van der Waals surface area (Å²) >= 11 is 0. The van der Waals surface area contributed by atoms with E-state index in [0.29, 0.717) is 5.75 Å². The molecule has 0 saturated heterocycles. The third-order valence-corrected chi connectivity index (χ3v) is 2.12. The summed E-state index contributed by atoms with van der Waals surface area (Å²) in [5.74, 6) is 0.0492. The Labute approximate surface area is 101 Å². The van der Waals surface area contributed by atoms with Crippen molar-refractivity contribution < 1.29 is 9.66 Å². The van der Waals surface area contributed by atoms with Crippen molar-refractivity contribution in [1.82, 2.24) is 19.7 Å². The minimum Gasteiger partial charge on any atom is -0.430 e. The Morgan fingerprint density at radius 1 is 1.50 bits per heavy atom. The van der Waals surface area contributed by atoms with E-state index in [1.54, 1.807) is 13.2 Å². The summed E-state index contributed by atoms with van der Waals surface area (Å²) in [4.78, 5) is 17.8. The maximum absolute atomic E-state index is 10.9. The molecule has 0 bridgehead atoms. The van der Waals surface area contributed by atoms with Gasteiger partial charge in [-0.2, -0.15) is 10.1 Å². The number of ether oxygens (including phenoxy) is 1. The van der Waals surface area contributed by atoms with E-state index < -0.39 is 4.92 Å². The molecule has 0 atom stereocenters. The highest BCUT2D eigenvalue weighted by Crippen LogP contribution is 2.31. The summed E-state index contributed by atoms with van der Waals surface area (Å²) in [5, 5.41) is 14.8. The molecular formula is C9H10N6O3. The first kappa shape index (κ1) is 11.8. The lowest BCUT2D eigenvalue weighted by molar-refractivity contribution is -0.386. The molecule has 0 amide bonds. The predicted octanol–water partition coefficient (Wildman–Crippen LogP) is 0.801. The van der Waals surface area contributed by atoms with E-state index in [1.165, 1.54) is 17.8 Å². The van der Waals surface area contributed by atoms with Gasteiger partial charge in [-0.3, -0.25) is 14.8 Å². The van der Waals surface area contributed by atoms with Crippen LogP contribution in [-0.4, -0.2) is 24.7 Å². The van der Waals surface area contributed by atoms with Gasteiger partial charge in [-0.1, -0.05) is 0 Å². The molecule has 0 saturated carbocycles. The van der Waals surface area contributed by atoms with Gasteiger partial charge in [0.25, 0.3) is 0 Å². The van der Waals surface area contributed by atoms with Crippen LogP contribution in [-0.2, 0) is 7.05 Å². The van der Waals surface area contributed by atoms with E-state index in [2.05, 4.69) is 15.1 Å². The summed E-state index contributed by atoms with van der Waals surface area (Å²) in [6.45, 7) is 1.46. The zero-order valence-corrected chi connectivity index (χ0v) is 9.69. The minimum absolute atomic E-state index is 0.0861. The first-order valence-electron chi connectivity index (χ1n) is 4.92. The van der Waals surface area contributed by atoms with Crippen LogP contribution in [0, 0.1) is 17.0 Å². The SMILES string of the molecule is Cc1nc(N)nc(Oc2cnn(C)c2)c1[N+](=O)[O-]. The molecule has 0 unspecified atom stereocenters. The van der Waals surface area contributed by atoms with Gasteiger partial charge >= 0.3 is 11.6 Å². The minimum atomic E-state index is -0.611. The van der Waals surface area contributed by atoms with Gasteiger partial charge in [0, 0.05) is 7.05 Å². The van der Waals surface area contributed by atoms with Crippen molar-refractivity contribution in [3.63, 3.8) is 0 Å². The number of nitrogens with zero attached hydrogens (tertiary/aromatic N) is 5. The molecule has 9 nitrogen and oxygen atoms in total. The van der Waals surface area contributed by atoms with E-state index in [1.807, 2.05) is 0 Å². The van der Waals surface area contributed by atoms with E-state index in [-0.39, 0.29) is 23.2 Å². The topological polar surface area (TPSA) is 122 Å². The molecule has 2 N–H and O–H groups in total. The molecule has 18 heavy (non-hydrogen) atoms. The van der Waals surface area contributed by atoms with Gasteiger partial charge in [0.15, 0.2) is 5.75 Å². The van der Waals surface area contributed by atoms with Gasteiger partial charge in [-0.25, -0.2) is 4.98 Å². The zero-order valence-electron chi connectivity index (χ0n) is 9.69. The third-order valence-electron chi connectivity index (χ3n) is 2.12. The normalized spacial score (nSPS) is 10.3. The van der Waals surface area contributed by atoms with Crippen LogP contribution in [0.1, 0.15) is 5.69 Å². The van der Waals surface area contributed by atoms with Crippen LogP contribution in [0.15, 0.2) is 12.4 Å². The van der Waals surface area contributed by atoms with Crippen molar-refractivity contribution in [3.8, 4) is 11.6 Å². The van der Waals surface area contributed by atoms with Crippen LogP contribution >= 0.6 is 0 Å². The average molecular weight is 250 g/mol. The highest BCUT2D eigenvalue weighted by Gasteiger charge is 2.23. The summed E-state index contributed by atoms with van der Waals surface area (Å²) in [6, 6.07) is 0. The van der Waals surface area contributed by atoms with Crippen LogP contribution < -0.4 is 10.5 Å². The molecule has 2 aromatic rings. The Morgan fingerprint density at radius 2 is 2.22 bits per heavy atom. The number of hydrogen-bond donors (Lipinski definition) is 1. The molecule has 94 valence electrons. The lowest BCUT2D eigenvalue weighted by atomic mass is 10.3. The van der Waals surface area contributed by atoms with Gasteiger partial charge in [0.2, 0.25) is 5.95 Å². The van der Waals surface area contributed by atoms with Crippen LogP contribution in [0.25, 0.3) is 0 Å². The molecule has 2 aromatic heterocycles. The molecule has 0 aliphatic heterocycles. The van der Waals surface area contributed by atoms with E-state index in [0.717, 1.165) is 0 Å². The molecule has 0 fully saturated rings. The molecule has 0 aromatic carbocycles. The molecule has 0 aliphatic rings. The number of nitrogens with two attached hydrogens (primary N) is 1. The Hall–Kier alpha value is -2.71. The first-order valence-corrected chi connectivity index (χ1v) is 4.92. The Bertz CT molecular complexity index is 608. The third kappa shape index (κ3) is 2.19. The second-order valence-electron chi connectivity index (χ2n) is 3.53. The second-order valence-corrected chi connectivity index (χ2v) is 3.53. The maximum Gasteiger partial charge on any atom is 0.352 e. The van der Waals surface area contributed by atoms with Gasteiger partial charge in [0.05, 0.1) is 17.3 Å². The molecule has 2 rings (SSSR count). The zero-order chi connectivity index (χ0) is 13.3. The number of nitro groups is 1. The number of aromatic nitrogens is 4. The Balaban J connectivity index is 2.45. The largest absolute Gasteiger partial charge is 0.430 e. The highest BCUT2D eigenvalue weighted by atomic mass is 16.6. The van der Waals surface area contributed by atoms with Crippen LogP contribution in [0.2, 0.25) is 0 Å². The van der Waals surface area contributed by atoms with Gasteiger partial charge in [0.1, 0.15) is 5.69 Å². The van der Waals surface area contributed by atoms with Crippen LogP contribution in [0.5, 0.6) is 11.6 Å². The quantitative estimate of drug-likeness (QED) is 0.631. The summed E-state index contributed by atoms with van der Waals surface area (Å²) < 4.78 is 6.80. The van der Waals surface area contributed by atoms with Crippen molar-refractivity contribution in [2.75, 3.05) is 5.73 Å². The van der Waals surface area contributed by atoms with Crippen molar-refractivity contribution in [3.05, 3.63) is 28.2 Å². The fourth-order valence-electron chi connectivity index (χ4n) is 1.41. The van der Waals surface area contributed by atoms with Crippen molar-refractivity contribution in [2.45, 2.75) is 6.92 Å². The number of hydrogen-bond acceptors (Lipinski definition) is 7. The Kier molecular flexibility index (Phi) is 2.80. The van der Waals surface area contributed by atoms with Crippen molar-refractivity contribution in [1.29, 1.82) is 0 Å². The van der Waals surface area contributed by atoms with Crippen molar-refractivity contribution >= 4 is 11.6 Å². The highest BCUT2D eigenvalue weighted by molar-refractivity contribution is 5.49. The van der Waals surface area contributed by atoms with Gasteiger partial charge in [-0.05, 0) is 6.92 Å². The van der Waals surface area contributed by atoms with Gasteiger partial charge < -0.3 is 10.5 Å². The standard InChI is InChI=1S/C9H10N6O3/c1-5-7(15(16)17)8(13-9(10)12-5)18-6-3-11-14(2)4-6/h3-4H,1-2H3,(H2,10,12,13). The van der Waals surface area contributed by atoms with Crippen LogP contribution in [0.3, 0.4) is 0 Å². The number of anilines is 1. The second kappa shape index (κ2) is 4.28. The van der Waals surface area contributed by atoms with E-state index >= 15 is 0 Å². The number of rotatable bonds is 3. The fraction of sp³-hybridized carbons (Fsp3) is 0.222. The smallest absolute Gasteiger partial charge is 0.352 e. The number of aryl methyl sites for hydroxylation is 2. The molecule has 9 heteroatoms. The fourth-order valence-corrected chi connectivity index (χ4v) is 1.41. The van der Waals surface area contributed by atoms with Crippen molar-refractivity contribution in [2.24, 2.45) is 7.05 Å². The molecule has 0 spiro atoms. The van der Waals surface area contributed by atoms with Crippen LogP contribution in [0.4, 0.5) is 11.6 Å². The molecule has 2 heterocycles. The Morgan fingerprint density at radius 3 is 2.78 bits per heavy atom. The predicted molar refractivity (Wildman–Crippen MR) is 61.1 cm³/mol. The molecular weight excluding hydrogens is 240 g/mol. The van der Waals surface area contributed by atoms with E-state index in [4.69, 9.17) is 10.5 Å². The van der Waals surface area contributed by atoms with Gasteiger partial charge in [-0.15, -0.1) is 0 Å². The average Bonchev–Trinajstić information content (AvgIpc) is 2.62. The summed E-state index contributed by atoms with van der Waals surface area (Å²) in [5.41, 5.74) is 5.27. The lowest BCUT2D eigenvalue weighted by Gasteiger charge is -2.05. The monoisotopic (exact) mass is 250 g/mol. The molecule has 0 aliphatic carbocycles. The summed E-state index contributed by atoms with van der Waals surface area (Å²) in [6.07, 6.45) is 2.97. The number of nitrogen functional groups attached to an aromatic ring is 1. The van der Waals surface area contributed by atoms with E-state index in [9.17, 15) is 10.1 Å².